The Labute approximate surface area is 154 Å². The van der Waals surface area contributed by atoms with Gasteiger partial charge in [0.1, 0.15) is 0 Å². The van der Waals surface area contributed by atoms with Crippen LogP contribution in [0.3, 0.4) is 0 Å². The van der Waals surface area contributed by atoms with Gasteiger partial charge in [0.2, 0.25) is 5.91 Å². The van der Waals surface area contributed by atoms with Crippen molar-refractivity contribution in [3.8, 4) is 11.1 Å². The first kappa shape index (κ1) is 17.3. The molecule has 0 saturated heterocycles. The molecule has 0 spiro atoms. The lowest BCUT2D eigenvalue weighted by atomic mass is 9.93. The molecule has 4 heteroatoms. The van der Waals surface area contributed by atoms with Crippen molar-refractivity contribution in [1.29, 1.82) is 0 Å². The number of aliphatic hydroxyl groups excluding tert-OH is 1. The van der Waals surface area contributed by atoms with E-state index in [-0.39, 0.29) is 11.8 Å². The minimum absolute atomic E-state index is 0.0113. The molecule has 1 saturated carbocycles. The Kier molecular flexibility index (Phi) is 5.05. The van der Waals surface area contributed by atoms with Crippen LogP contribution in [0.15, 0.2) is 48.5 Å². The van der Waals surface area contributed by atoms with Gasteiger partial charge in [-0.1, -0.05) is 48.5 Å². The summed E-state index contributed by atoms with van der Waals surface area (Å²) in [6, 6.07) is 16.6. The van der Waals surface area contributed by atoms with Crippen molar-refractivity contribution in [2.24, 2.45) is 5.92 Å². The lowest BCUT2D eigenvalue weighted by Crippen LogP contribution is -2.38. The Balaban J connectivity index is 1.34. The fourth-order valence-corrected chi connectivity index (χ4v) is 3.82. The number of carbonyl (C=O) groups excluding carboxylic acids is 1. The fourth-order valence-electron chi connectivity index (χ4n) is 3.82. The summed E-state index contributed by atoms with van der Waals surface area (Å²) in [5.41, 5.74) is 4.89. The molecule has 2 aliphatic rings. The van der Waals surface area contributed by atoms with Crippen LogP contribution in [-0.4, -0.2) is 36.8 Å². The van der Waals surface area contributed by atoms with Gasteiger partial charge < -0.3 is 15.7 Å². The number of aliphatic hydroxyl groups is 1. The fraction of sp³-hybridized carbons (Fsp3) is 0.409. The van der Waals surface area contributed by atoms with Gasteiger partial charge in [0.25, 0.3) is 0 Å². The zero-order valence-electron chi connectivity index (χ0n) is 14.9. The van der Waals surface area contributed by atoms with E-state index in [1.54, 1.807) is 0 Å². The molecule has 0 heterocycles. The summed E-state index contributed by atoms with van der Waals surface area (Å²) >= 11 is 0. The predicted octanol–water partition coefficient (Wildman–Crippen LogP) is 2.67. The number of benzene rings is 2. The SMILES string of the molecule is O=C(CC1c2ccccc2-c2ccccc21)NCC(O)CNCC1CC1. The highest BCUT2D eigenvalue weighted by Gasteiger charge is 2.29. The lowest BCUT2D eigenvalue weighted by molar-refractivity contribution is -0.121. The third kappa shape index (κ3) is 3.81. The van der Waals surface area contributed by atoms with Gasteiger partial charge in [0.15, 0.2) is 0 Å². The molecule has 1 atom stereocenters. The van der Waals surface area contributed by atoms with Crippen molar-refractivity contribution >= 4 is 5.91 Å². The zero-order valence-corrected chi connectivity index (χ0v) is 14.9. The molecule has 0 bridgehead atoms. The number of nitrogens with one attached hydrogen (secondary N) is 2. The summed E-state index contributed by atoms with van der Waals surface area (Å²) < 4.78 is 0. The maximum absolute atomic E-state index is 12.5. The summed E-state index contributed by atoms with van der Waals surface area (Å²) in [5, 5.41) is 16.2. The second-order valence-electron chi connectivity index (χ2n) is 7.49. The monoisotopic (exact) mass is 350 g/mol. The quantitative estimate of drug-likeness (QED) is 0.686. The van der Waals surface area contributed by atoms with E-state index in [0.29, 0.717) is 19.5 Å². The van der Waals surface area contributed by atoms with E-state index in [2.05, 4.69) is 34.9 Å². The van der Waals surface area contributed by atoms with Gasteiger partial charge in [-0.05, 0) is 47.6 Å². The van der Waals surface area contributed by atoms with Crippen molar-refractivity contribution in [2.75, 3.05) is 19.6 Å². The van der Waals surface area contributed by atoms with Crippen molar-refractivity contribution in [3.63, 3.8) is 0 Å². The largest absolute Gasteiger partial charge is 0.390 e. The summed E-state index contributed by atoms with van der Waals surface area (Å²) in [6.45, 7) is 1.80. The summed E-state index contributed by atoms with van der Waals surface area (Å²) in [7, 11) is 0. The first-order valence-electron chi connectivity index (χ1n) is 9.56. The van der Waals surface area contributed by atoms with E-state index in [0.717, 1.165) is 12.5 Å². The second-order valence-corrected chi connectivity index (χ2v) is 7.49. The van der Waals surface area contributed by atoms with Gasteiger partial charge >= 0.3 is 0 Å². The Morgan fingerprint density at radius 3 is 2.23 bits per heavy atom. The van der Waals surface area contributed by atoms with Gasteiger partial charge in [-0.15, -0.1) is 0 Å². The summed E-state index contributed by atoms with van der Waals surface area (Å²) in [4.78, 5) is 12.5. The minimum Gasteiger partial charge on any atom is -0.390 e. The molecule has 0 aliphatic heterocycles. The Morgan fingerprint density at radius 2 is 1.62 bits per heavy atom. The molecule has 0 radical (unpaired) electrons. The average molecular weight is 350 g/mol. The number of amides is 1. The minimum atomic E-state index is -0.541. The van der Waals surface area contributed by atoms with Crippen LogP contribution in [0.4, 0.5) is 0 Å². The molecule has 4 rings (SSSR count). The number of rotatable bonds is 8. The van der Waals surface area contributed by atoms with Crippen molar-refractivity contribution < 1.29 is 9.90 Å². The summed E-state index contributed by atoms with van der Waals surface area (Å²) in [6.07, 6.45) is 2.46. The van der Waals surface area contributed by atoms with Gasteiger partial charge in [-0.3, -0.25) is 4.79 Å². The van der Waals surface area contributed by atoms with Crippen LogP contribution in [0.5, 0.6) is 0 Å². The highest BCUT2D eigenvalue weighted by molar-refractivity contribution is 5.84. The van der Waals surface area contributed by atoms with Crippen molar-refractivity contribution in [2.45, 2.75) is 31.3 Å². The Hall–Kier alpha value is -2.17. The molecule has 1 fully saturated rings. The van der Waals surface area contributed by atoms with E-state index < -0.39 is 6.10 Å². The van der Waals surface area contributed by atoms with Crippen molar-refractivity contribution in [3.05, 3.63) is 59.7 Å². The number of hydrogen-bond donors (Lipinski definition) is 3. The first-order valence-corrected chi connectivity index (χ1v) is 9.56. The first-order chi connectivity index (χ1) is 12.7. The second kappa shape index (κ2) is 7.60. The molecule has 4 nitrogen and oxygen atoms in total. The van der Waals surface area contributed by atoms with Crippen LogP contribution >= 0.6 is 0 Å². The van der Waals surface area contributed by atoms with Crippen LogP contribution in [-0.2, 0) is 4.79 Å². The third-order valence-corrected chi connectivity index (χ3v) is 5.40. The molecule has 136 valence electrons. The van der Waals surface area contributed by atoms with Crippen LogP contribution in [0.1, 0.15) is 36.3 Å². The molecule has 1 unspecified atom stereocenters. The molecule has 1 amide bonds. The Bertz CT molecular complexity index is 740. The normalized spacial score (nSPS) is 16.8. The topological polar surface area (TPSA) is 61.4 Å². The van der Waals surface area contributed by atoms with Gasteiger partial charge in [-0.25, -0.2) is 0 Å². The van der Waals surface area contributed by atoms with Crippen LogP contribution < -0.4 is 10.6 Å². The van der Waals surface area contributed by atoms with Gasteiger partial charge in [-0.2, -0.15) is 0 Å². The van der Waals surface area contributed by atoms with E-state index in [1.807, 2.05) is 24.3 Å². The van der Waals surface area contributed by atoms with Crippen LogP contribution in [0, 0.1) is 5.92 Å². The summed E-state index contributed by atoms with van der Waals surface area (Å²) in [5.74, 6) is 0.870. The van der Waals surface area contributed by atoms with E-state index >= 15 is 0 Å². The lowest BCUT2D eigenvalue weighted by Gasteiger charge is -2.16. The standard InChI is InChI=1S/C22H26N2O2/c25-16(13-23-12-15-9-10-15)14-24-22(26)11-21-19-7-3-1-5-17(19)18-6-2-4-8-20(18)21/h1-8,15-16,21,23,25H,9-14H2,(H,24,26). The molecule has 0 aromatic heterocycles. The Morgan fingerprint density at radius 1 is 1.00 bits per heavy atom. The molecular formula is C22H26N2O2. The van der Waals surface area contributed by atoms with E-state index in [4.69, 9.17) is 0 Å². The zero-order chi connectivity index (χ0) is 17.9. The predicted molar refractivity (Wildman–Crippen MR) is 103 cm³/mol. The molecule has 3 N–H and O–H groups in total. The smallest absolute Gasteiger partial charge is 0.221 e. The molecule has 26 heavy (non-hydrogen) atoms. The van der Waals surface area contributed by atoms with Gasteiger partial charge in [0, 0.05) is 25.4 Å². The van der Waals surface area contributed by atoms with Crippen LogP contribution in [0.25, 0.3) is 11.1 Å². The highest BCUT2D eigenvalue weighted by atomic mass is 16.3. The molecule has 2 aliphatic carbocycles. The average Bonchev–Trinajstić information content (AvgIpc) is 3.44. The number of fused-ring (bicyclic) bond motifs is 3. The number of carbonyl (C=O) groups is 1. The van der Waals surface area contributed by atoms with Gasteiger partial charge in [0.05, 0.1) is 6.10 Å². The maximum atomic E-state index is 12.5. The molecule has 2 aromatic carbocycles. The molecule has 2 aromatic rings. The highest BCUT2D eigenvalue weighted by Crippen LogP contribution is 2.45. The molecular weight excluding hydrogens is 324 g/mol. The van der Waals surface area contributed by atoms with E-state index in [1.165, 1.54) is 35.1 Å². The third-order valence-electron chi connectivity index (χ3n) is 5.40. The maximum Gasteiger partial charge on any atom is 0.221 e. The van der Waals surface area contributed by atoms with E-state index in [9.17, 15) is 9.90 Å². The van der Waals surface area contributed by atoms with Crippen molar-refractivity contribution in [1.82, 2.24) is 10.6 Å². The van der Waals surface area contributed by atoms with Crippen LogP contribution in [0.2, 0.25) is 0 Å². The number of hydrogen-bond acceptors (Lipinski definition) is 3.